The van der Waals surface area contributed by atoms with Gasteiger partial charge in [0.1, 0.15) is 0 Å². The Morgan fingerprint density at radius 3 is 1.74 bits per heavy atom. The van der Waals surface area contributed by atoms with Crippen molar-refractivity contribution in [3.63, 3.8) is 0 Å². The summed E-state index contributed by atoms with van der Waals surface area (Å²) in [7, 11) is 0. The standard InChI is InChI=1S/C24H22BrN2O3P/c25-31(20-10-4-1-5-11-20,21-12-6-2-7-13-21,22-14-8-3-9-15-22)18-24(28)29-17-16-23-26-19-27-30-23/h1-15,19H,16-18H2. The molecule has 0 atom stereocenters. The van der Waals surface area contributed by atoms with Crippen LogP contribution in [-0.2, 0) is 16.0 Å². The Balaban J connectivity index is 1.77. The molecule has 7 heteroatoms. The summed E-state index contributed by atoms with van der Waals surface area (Å²) in [4.78, 5) is 17.2. The van der Waals surface area contributed by atoms with Crippen molar-refractivity contribution in [1.29, 1.82) is 0 Å². The molecule has 4 rings (SSSR count). The molecule has 31 heavy (non-hydrogen) atoms. The van der Waals surface area contributed by atoms with E-state index in [-0.39, 0.29) is 18.7 Å². The second-order valence-corrected chi connectivity index (χ2v) is 16.1. The van der Waals surface area contributed by atoms with Gasteiger partial charge in [0.25, 0.3) is 0 Å². The summed E-state index contributed by atoms with van der Waals surface area (Å²) in [5.74, 6) is 0.156. The van der Waals surface area contributed by atoms with E-state index in [4.69, 9.17) is 9.26 Å². The average molecular weight is 497 g/mol. The first-order valence-corrected chi connectivity index (χ1v) is 14.4. The third-order valence-electron chi connectivity index (χ3n) is 5.30. The van der Waals surface area contributed by atoms with Crippen LogP contribution in [-0.4, -0.2) is 28.9 Å². The average Bonchev–Trinajstić information content (AvgIpc) is 3.34. The fraction of sp³-hybridized carbons (Fsp3) is 0.125. The summed E-state index contributed by atoms with van der Waals surface area (Å²) < 4.78 is 10.6. The molecule has 0 spiro atoms. The summed E-state index contributed by atoms with van der Waals surface area (Å²) in [5, 5.41) is 3.46. The van der Waals surface area contributed by atoms with Gasteiger partial charge in [0, 0.05) is 0 Å². The number of carbonyl (C=O) groups is 1. The predicted molar refractivity (Wildman–Crippen MR) is 128 cm³/mol. The first-order chi connectivity index (χ1) is 15.1. The molecule has 0 saturated heterocycles. The molecule has 0 aliphatic rings. The van der Waals surface area contributed by atoms with Gasteiger partial charge in [-0.25, -0.2) is 0 Å². The van der Waals surface area contributed by atoms with Crippen molar-refractivity contribution >= 4 is 42.7 Å². The van der Waals surface area contributed by atoms with Crippen molar-refractivity contribution < 1.29 is 14.1 Å². The molecular weight excluding hydrogens is 475 g/mol. The molecule has 0 amide bonds. The molecule has 3 aromatic carbocycles. The number of rotatable bonds is 8. The van der Waals surface area contributed by atoms with Gasteiger partial charge in [0.15, 0.2) is 0 Å². The second-order valence-electron chi connectivity index (χ2n) is 7.15. The molecule has 0 unspecified atom stereocenters. The Morgan fingerprint density at radius 1 is 0.839 bits per heavy atom. The van der Waals surface area contributed by atoms with Crippen LogP contribution in [0.1, 0.15) is 5.89 Å². The normalized spacial score (nSPS) is 12.6. The molecule has 5 nitrogen and oxygen atoms in total. The molecule has 0 radical (unpaired) electrons. The SMILES string of the molecule is O=C(CP(Br)(c1ccccc1)(c1ccccc1)c1ccccc1)OCCc1ncno1. The van der Waals surface area contributed by atoms with Crippen LogP contribution in [0.4, 0.5) is 0 Å². The van der Waals surface area contributed by atoms with E-state index in [9.17, 15) is 4.79 Å². The molecule has 0 N–H and O–H groups in total. The van der Waals surface area contributed by atoms with E-state index in [1.54, 1.807) is 0 Å². The van der Waals surface area contributed by atoms with E-state index < -0.39 is 5.31 Å². The Hall–Kier alpha value is -2.82. The molecule has 1 aromatic heterocycles. The maximum absolute atomic E-state index is 13.2. The summed E-state index contributed by atoms with van der Waals surface area (Å²) in [6.07, 6.45) is 1.90. The van der Waals surface area contributed by atoms with Crippen molar-refractivity contribution in [2.45, 2.75) is 6.42 Å². The van der Waals surface area contributed by atoms with Gasteiger partial charge in [0.05, 0.1) is 0 Å². The molecule has 4 aromatic rings. The zero-order valence-corrected chi connectivity index (χ0v) is 19.3. The quantitative estimate of drug-likeness (QED) is 0.272. The van der Waals surface area contributed by atoms with Crippen LogP contribution in [0.2, 0.25) is 0 Å². The van der Waals surface area contributed by atoms with E-state index in [1.807, 2.05) is 54.6 Å². The molecule has 0 aliphatic carbocycles. The fourth-order valence-corrected chi connectivity index (χ4v) is 10.9. The molecule has 1 heterocycles. The van der Waals surface area contributed by atoms with E-state index >= 15 is 0 Å². The maximum atomic E-state index is 13.2. The van der Waals surface area contributed by atoms with Crippen LogP contribution >= 0.6 is 20.8 Å². The third-order valence-corrected chi connectivity index (χ3v) is 14.7. The summed E-state index contributed by atoms with van der Waals surface area (Å²) in [6.45, 7) is 0.179. The molecule has 158 valence electrons. The fourth-order valence-electron chi connectivity index (χ4n) is 3.78. The number of hydrogen-bond donors (Lipinski definition) is 0. The number of esters is 1. The van der Waals surface area contributed by atoms with E-state index in [0.717, 1.165) is 15.9 Å². The number of nitrogens with zero attached hydrogens (tertiary/aromatic N) is 2. The predicted octanol–water partition coefficient (Wildman–Crippen LogP) is 4.00. The molecule has 0 fully saturated rings. The Labute approximate surface area is 189 Å². The summed E-state index contributed by atoms with van der Waals surface area (Å²) in [6, 6.07) is 30.5. The van der Waals surface area contributed by atoms with Gasteiger partial charge in [-0.15, -0.1) is 0 Å². The van der Waals surface area contributed by atoms with E-state index in [2.05, 4.69) is 62.0 Å². The van der Waals surface area contributed by atoms with Gasteiger partial charge >= 0.3 is 189 Å². The molecule has 0 aliphatic heterocycles. The van der Waals surface area contributed by atoms with Crippen LogP contribution in [0.15, 0.2) is 102 Å². The molecule has 0 bridgehead atoms. The van der Waals surface area contributed by atoms with Crippen molar-refractivity contribution in [1.82, 2.24) is 10.1 Å². The van der Waals surface area contributed by atoms with Crippen LogP contribution in [0, 0.1) is 0 Å². The number of halogens is 1. The Bertz CT molecular complexity index is 1020. The second kappa shape index (κ2) is 9.13. The van der Waals surface area contributed by atoms with Crippen LogP contribution < -0.4 is 15.9 Å². The molecule has 0 saturated carbocycles. The number of ether oxygens (including phenoxy) is 1. The van der Waals surface area contributed by atoms with Gasteiger partial charge in [0.2, 0.25) is 0 Å². The minimum absolute atomic E-state index is 0.179. The number of hydrogen-bond acceptors (Lipinski definition) is 5. The zero-order valence-electron chi connectivity index (χ0n) is 16.8. The Kier molecular flexibility index (Phi) is 6.30. The topological polar surface area (TPSA) is 65.2 Å². The van der Waals surface area contributed by atoms with Crippen LogP contribution in [0.25, 0.3) is 0 Å². The van der Waals surface area contributed by atoms with Crippen molar-refractivity contribution in [2.24, 2.45) is 0 Å². The first kappa shape index (κ1) is 21.4. The van der Waals surface area contributed by atoms with E-state index in [1.165, 1.54) is 6.33 Å². The minimum atomic E-state index is -3.33. The molecular formula is C24H22BrN2O3P. The van der Waals surface area contributed by atoms with Crippen LogP contribution in [0.3, 0.4) is 0 Å². The summed E-state index contributed by atoms with van der Waals surface area (Å²) in [5.41, 5.74) is 0. The first-order valence-electron chi connectivity index (χ1n) is 9.92. The van der Waals surface area contributed by atoms with Crippen molar-refractivity contribution in [2.75, 3.05) is 12.8 Å². The van der Waals surface area contributed by atoms with Gasteiger partial charge in [-0.1, -0.05) is 0 Å². The van der Waals surface area contributed by atoms with Crippen molar-refractivity contribution in [3.05, 3.63) is 103 Å². The number of benzene rings is 3. The van der Waals surface area contributed by atoms with Gasteiger partial charge < -0.3 is 0 Å². The van der Waals surface area contributed by atoms with Gasteiger partial charge in [-0.3, -0.25) is 0 Å². The zero-order chi connectivity index (χ0) is 21.6. The van der Waals surface area contributed by atoms with Crippen LogP contribution in [0.5, 0.6) is 0 Å². The van der Waals surface area contributed by atoms with Gasteiger partial charge in [-0.05, 0) is 0 Å². The summed E-state index contributed by atoms with van der Waals surface area (Å²) >= 11 is 4.24. The Morgan fingerprint density at radius 2 is 1.32 bits per heavy atom. The monoisotopic (exact) mass is 496 g/mol. The van der Waals surface area contributed by atoms with E-state index in [0.29, 0.717) is 12.3 Å². The van der Waals surface area contributed by atoms with Gasteiger partial charge in [-0.2, -0.15) is 0 Å². The third kappa shape index (κ3) is 4.18. The number of aromatic nitrogens is 2. The van der Waals surface area contributed by atoms with Crippen molar-refractivity contribution in [3.8, 4) is 0 Å². The number of carbonyl (C=O) groups excluding carboxylic acids is 1.